The molecule has 0 fully saturated rings. The van der Waals surface area contributed by atoms with Crippen molar-refractivity contribution < 1.29 is 23.1 Å². The first kappa shape index (κ1) is 16.3. The normalized spacial score (nSPS) is 13.3. The maximum absolute atomic E-state index is 12.6. The summed E-state index contributed by atoms with van der Waals surface area (Å²) in [5, 5.41) is 11.9. The predicted molar refractivity (Wildman–Crippen MR) is 70.0 cm³/mol. The highest BCUT2D eigenvalue weighted by atomic mass is 19.4. The van der Waals surface area contributed by atoms with E-state index in [0.717, 1.165) is 12.1 Å². The largest absolute Gasteiger partial charge is 0.478 e. The van der Waals surface area contributed by atoms with E-state index in [1.54, 1.807) is 0 Å². The van der Waals surface area contributed by atoms with Gasteiger partial charge in [0, 0.05) is 18.3 Å². The average molecular weight is 290 g/mol. The van der Waals surface area contributed by atoms with Gasteiger partial charge in [-0.1, -0.05) is 0 Å². The van der Waals surface area contributed by atoms with Crippen LogP contribution in [0.15, 0.2) is 18.2 Å². The van der Waals surface area contributed by atoms with Gasteiger partial charge in [-0.2, -0.15) is 13.2 Å². The van der Waals surface area contributed by atoms with Crippen molar-refractivity contribution in [2.75, 3.05) is 26.0 Å². The molecular weight excluding hydrogens is 273 g/mol. The Labute approximate surface area is 115 Å². The summed E-state index contributed by atoms with van der Waals surface area (Å²) in [7, 11) is 3.70. The number of anilines is 1. The Bertz CT molecular complexity index is 487. The summed E-state index contributed by atoms with van der Waals surface area (Å²) in [5.41, 5.74) is -1.18. The van der Waals surface area contributed by atoms with Crippen LogP contribution in [0.3, 0.4) is 0 Å². The molecule has 0 aliphatic heterocycles. The molecule has 1 unspecified atom stereocenters. The van der Waals surface area contributed by atoms with Crippen molar-refractivity contribution in [1.29, 1.82) is 0 Å². The Hall–Kier alpha value is -1.76. The molecule has 20 heavy (non-hydrogen) atoms. The number of likely N-dealkylation sites (N-methyl/N-ethyl adjacent to an activating group) is 1. The SMILES string of the molecule is CC(CN(C)C)Nc1ccc(C(F)(F)F)cc1C(=O)O. The minimum Gasteiger partial charge on any atom is -0.478 e. The zero-order chi connectivity index (χ0) is 15.5. The fourth-order valence-electron chi connectivity index (χ4n) is 1.88. The molecule has 0 radical (unpaired) electrons. The number of rotatable bonds is 5. The Kier molecular flexibility index (Phi) is 4.99. The Morgan fingerprint density at radius 3 is 2.45 bits per heavy atom. The summed E-state index contributed by atoms with van der Waals surface area (Å²) >= 11 is 0. The van der Waals surface area contributed by atoms with Crippen LogP contribution in [0, 0.1) is 0 Å². The van der Waals surface area contributed by atoms with Gasteiger partial charge < -0.3 is 15.3 Å². The van der Waals surface area contributed by atoms with Crippen molar-refractivity contribution in [2.24, 2.45) is 0 Å². The van der Waals surface area contributed by atoms with E-state index in [2.05, 4.69) is 5.32 Å². The summed E-state index contributed by atoms with van der Waals surface area (Å²) in [6.45, 7) is 2.45. The van der Waals surface area contributed by atoms with Crippen molar-refractivity contribution in [3.8, 4) is 0 Å². The second-order valence-corrected chi connectivity index (χ2v) is 4.87. The van der Waals surface area contributed by atoms with Crippen molar-refractivity contribution in [3.05, 3.63) is 29.3 Å². The number of aromatic carboxylic acids is 1. The predicted octanol–water partition coefficient (Wildman–Crippen LogP) is 2.77. The van der Waals surface area contributed by atoms with Crippen LogP contribution < -0.4 is 5.32 Å². The third kappa shape index (κ3) is 4.41. The number of halogens is 3. The van der Waals surface area contributed by atoms with Crippen LogP contribution in [0.5, 0.6) is 0 Å². The average Bonchev–Trinajstić information content (AvgIpc) is 2.26. The Morgan fingerprint density at radius 1 is 1.40 bits per heavy atom. The lowest BCUT2D eigenvalue weighted by Gasteiger charge is -2.21. The molecule has 112 valence electrons. The number of alkyl halides is 3. The van der Waals surface area contributed by atoms with Crippen molar-refractivity contribution in [2.45, 2.75) is 19.1 Å². The number of nitrogens with zero attached hydrogens (tertiary/aromatic N) is 1. The monoisotopic (exact) mass is 290 g/mol. The zero-order valence-electron chi connectivity index (χ0n) is 11.5. The standard InChI is InChI=1S/C13H17F3N2O2/c1-8(7-18(2)3)17-11-5-4-9(13(14,15)16)6-10(11)12(19)20/h4-6,8,17H,7H2,1-3H3,(H,19,20). The molecular formula is C13H17F3N2O2. The summed E-state index contributed by atoms with van der Waals surface area (Å²) < 4.78 is 37.7. The van der Waals surface area contributed by atoms with Gasteiger partial charge >= 0.3 is 12.1 Å². The van der Waals surface area contributed by atoms with Gasteiger partial charge in [-0.25, -0.2) is 4.79 Å². The fourth-order valence-corrected chi connectivity index (χ4v) is 1.88. The second kappa shape index (κ2) is 6.13. The van der Waals surface area contributed by atoms with E-state index in [1.165, 1.54) is 0 Å². The minimum absolute atomic E-state index is 0.0974. The fraction of sp³-hybridized carbons (Fsp3) is 0.462. The maximum atomic E-state index is 12.6. The molecule has 0 aliphatic carbocycles. The van der Waals surface area contributed by atoms with E-state index in [9.17, 15) is 18.0 Å². The van der Waals surface area contributed by atoms with Crippen LogP contribution in [-0.4, -0.2) is 42.7 Å². The van der Waals surface area contributed by atoms with Gasteiger partial charge in [-0.3, -0.25) is 0 Å². The molecule has 1 rings (SSSR count). The van der Waals surface area contributed by atoms with Gasteiger partial charge in [0.2, 0.25) is 0 Å². The van der Waals surface area contributed by atoms with Crippen LogP contribution in [0.4, 0.5) is 18.9 Å². The van der Waals surface area contributed by atoms with Crippen molar-refractivity contribution in [1.82, 2.24) is 4.90 Å². The molecule has 0 bridgehead atoms. The summed E-state index contributed by atoms with van der Waals surface area (Å²) in [4.78, 5) is 13.0. The van der Waals surface area contributed by atoms with Gasteiger partial charge in [-0.05, 0) is 39.2 Å². The van der Waals surface area contributed by atoms with Gasteiger partial charge in [0.1, 0.15) is 0 Å². The van der Waals surface area contributed by atoms with E-state index in [0.29, 0.717) is 12.6 Å². The highest BCUT2D eigenvalue weighted by Crippen LogP contribution is 2.32. The smallest absolute Gasteiger partial charge is 0.416 e. The van der Waals surface area contributed by atoms with E-state index in [-0.39, 0.29) is 17.3 Å². The number of carboxylic acid groups (broad SMARTS) is 1. The van der Waals surface area contributed by atoms with E-state index >= 15 is 0 Å². The zero-order valence-corrected chi connectivity index (χ0v) is 11.5. The maximum Gasteiger partial charge on any atom is 0.416 e. The Balaban J connectivity index is 3.05. The second-order valence-electron chi connectivity index (χ2n) is 4.87. The summed E-state index contributed by atoms with van der Waals surface area (Å²) in [6, 6.07) is 2.57. The van der Waals surface area contributed by atoms with Crippen LogP contribution in [-0.2, 0) is 6.18 Å². The number of hydrogen-bond donors (Lipinski definition) is 2. The first-order valence-electron chi connectivity index (χ1n) is 5.97. The van der Waals surface area contributed by atoms with Gasteiger partial charge in [0.05, 0.1) is 11.1 Å². The molecule has 2 N–H and O–H groups in total. The third-order valence-corrected chi connectivity index (χ3v) is 2.62. The summed E-state index contributed by atoms with van der Waals surface area (Å²) in [5.74, 6) is -1.39. The summed E-state index contributed by atoms with van der Waals surface area (Å²) in [6.07, 6.45) is -4.56. The molecule has 1 aromatic carbocycles. The first-order chi connectivity index (χ1) is 9.11. The van der Waals surface area contributed by atoms with Crippen LogP contribution in [0.1, 0.15) is 22.8 Å². The van der Waals surface area contributed by atoms with Crippen LogP contribution in [0.2, 0.25) is 0 Å². The van der Waals surface area contributed by atoms with Gasteiger partial charge in [0.15, 0.2) is 0 Å². The third-order valence-electron chi connectivity index (χ3n) is 2.62. The lowest BCUT2D eigenvalue weighted by atomic mass is 10.1. The topological polar surface area (TPSA) is 52.6 Å². The molecule has 0 saturated heterocycles. The van der Waals surface area contributed by atoms with Crippen LogP contribution >= 0.6 is 0 Å². The van der Waals surface area contributed by atoms with E-state index < -0.39 is 17.7 Å². The first-order valence-corrected chi connectivity index (χ1v) is 5.97. The Morgan fingerprint density at radius 2 is 2.00 bits per heavy atom. The van der Waals surface area contributed by atoms with E-state index in [1.807, 2.05) is 25.9 Å². The highest BCUT2D eigenvalue weighted by Gasteiger charge is 2.31. The minimum atomic E-state index is -4.56. The molecule has 0 aliphatic rings. The van der Waals surface area contributed by atoms with Crippen molar-refractivity contribution >= 4 is 11.7 Å². The number of carboxylic acids is 1. The lowest BCUT2D eigenvalue weighted by Crippen LogP contribution is -2.30. The highest BCUT2D eigenvalue weighted by molar-refractivity contribution is 5.94. The number of carbonyl (C=O) groups is 1. The molecule has 0 aromatic heterocycles. The molecule has 4 nitrogen and oxygen atoms in total. The number of hydrogen-bond acceptors (Lipinski definition) is 3. The number of nitrogens with one attached hydrogen (secondary N) is 1. The van der Waals surface area contributed by atoms with E-state index in [4.69, 9.17) is 5.11 Å². The molecule has 1 aromatic rings. The molecule has 1 atom stereocenters. The van der Waals surface area contributed by atoms with Crippen LogP contribution in [0.25, 0.3) is 0 Å². The van der Waals surface area contributed by atoms with Gasteiger partial charge in [-0.15, -0.1) is 0 Å². The molecule has 7 heteroatoms. The molecule has 0 heterocycles. The number of benzene rings is 1. The van der Waals surface area contributed by atoms with Crippen molar-refractivity contribution in [3.63, 3.8) is 0 Å². The lowest BCUT2D eigenvalue weighted by molar-refractivity contribution is -0.137. The molecule has 0 amide bonds. The molecule has 0 spiro atoms. The molecule has 0 saturated carbocycles. The van der Waals surface area contributed by atoms with Gasteiger partial charge in [0.25, 0.3) is 0 Å². The quantitative estimate of drug-likeness (QED) is 0.875.